The van der Waals surface area contributed by atoms with Crippen LogP contribution in [0.4, 0.5) is 0 Å². The monoisotopic (exact) mass is 237 g/mol. The summed E-state index contributed by atoms with van der Waals surface area (Å²) in [4.78, 5) is 16.0. The molecule has 0 fully saturated rings. The number of rotatable bonds is 7. The van der Waals surface area contributed by atoms with Crippen LogP contribution in [0.15, 0.2) is 24.3 Å². The first-order chi connectivity index (χ1) is 8.24. The number of hydroxylamine groups is 1. The summed E-state index contributed by atoms with van der Waals surface area (Å²) in [6.07, 6.45) is 1.08. The van der Waals surface area contributed by atoms with Crippen LogP contribution in [0.25, 0.3) is 0 Å². The molecule has 0 unspecified atom stereocenters. The van der Waals surface area contributed by atoms with E-state index in [-0.39, 0.29) is 5.91 Å². The Hall–Kier alpha value is -1.55. The molecule has 94 valence electrons. The van der Waals surface area contributed by atoms with Gasteiger partial charge in [0, 0.05) is 6.42 Å². The number of benzene rings is 1. The minimum Gasteiger partial charge on any atom is -0.493 e. The molecule has 0 atom stereocenters. The number of hydrogen-bond acceptors (Lipinski definition) is 3. The highest BCUT2D eigenvalue weighted by atomic mass is 16.6. The van der Waals surface area contributed by atoms with Gasteiger partial charge in [-0.2, -0.15) is 0 Å². The molecule has 0 aliphatic heterocycles. The van der Waals surface area contributed by atoms with Crippen LogP contribution in [0.1, 0.15) is 25.3 Å². The molecule has 0 radical (unpaired) electrons. The molecule has 0 aromatic heterocycles. The molecule has 0 heterocycles. The molecule has 4 nitrogen and oxygen atoms in total. The predicted octanol–water partition coefficient (Wildman–Crippen LogP) is 2.22. The molecule has 0 spiro atoms. The largest absolute Gasteiger partial charge is 0.493 e. The zero-order valence-electron chi connectivity index (χ0n) is 10.4. The standard InChI is InChI=1S/C13H19NO3/c1-3-17-14-13(15)9-6-10-16-12-8-5-4-7-11(12)2/h4-5,7-8H,3,6,9-10H2,1-2H3,(H,14,15). The van der Waals surface area contributed by atoms with Crippen molar-refractivity contribution >= 4 is 5.91 Å². The van der Waals surface area contributed by atoms with E-state index in [2.05, 4.69) is 5.48 Å². The van der Waals surface area contributed by atoms with Crippen LogP contribution in [0.5, 0.6) is 5.75 Å². The third kappa shape index (κ3) is 5.36. The number of nitrogens with one attached hydrogen (secondary N) is 1. The van der Waals surface area contributed by atoms with Crippen LogP contribution in [0.3, 0.4) is 0 Å². The van der Waals surface area contributed by atoms with Crippen molar-refractivity contribution in [1.82, 2.24) is 5.48 Å². The Bertz CT molecular complexity index is 352. The van der Waals surface area contributed by atoms with Gasteiger partial charge < -0.3 is 4.74 Å². The highest BCUT2D eigenvalue weighted by Crippen LogP contribution is 2.16. The van der Waals surface area contributed by atoms with Gasteiger partial charge in [-0.25, -0.2) is 5.48 Å². The zero-order valence-corrected chi connectivity index (χ0v) is 10.4. The van der Waals surface area contributed by atoms with Gasteiger partial charge in [0.2, 0.25) is 5.91 Å². The number of para-hydroxylation sites is 1. The summed E-state index contributed by atoms with van der Waals surface area (Å²) in [5, 5.41) is 0. The van der Waals surface area contributed by atoms with E-state index in [0.29, 0.717) is 26.1 Å². The third-order valence-corrected chi connectivity index (χ3v) is 2.23. The SMILES string of the molecule is CCONC(=O)CCCOc1ccccc1C. The van der Waals surface area contributed by atoms with Crippen LogP contribution in [-0.4, -0.2) is 19.1 Å². The van der Waals surface area contributed by atoms with Crippen LogP contribution in [0.2, 0.25) is 0 Å². The van der Waals surface area contributed by atoms with E-state index >= 15 is 0 Å². The van der Waals surface area contributed by atoms with Gasteiger partial charge in [0.25, 0.3) is 0 Å². The highest BCUT2D eigenvalue weighted by Gasteiger charge is 2.01. The first-order valence-electron chi connectivity index (χ1n) is 5.83. The molecule has 1 aromatic carbocycles. The van der Waals surface area contributed by atoms with Crippen LogP contribution < -0.4 is 10.2 Å². The maximum absolute atomic E-state index is 11.2. The summed E-state index contributed by atoms with van der Waals surface area (Å²) >= 11 is 0. The summed E-state index contributed by atoms with van der Waals surface area (Å²) in [7, 11) is 0. The smallest absolute Gasteiger partial charge is 0.243 e. The molecule has 4 heteroatoms. The third-order valence-electron chi connectivity index (χ3n) is 2.23. The fraction of sp³-hybridized carbons (Fsp3) is 0.462. The molecule has 1 amide bonds. The second-order valence-corrected chi connectivity index (χ2v) is 3.68. The van der Waals surface area contributed by atoms with Gasteiger partial charge in [-0.05, 0) is 31.9 Å². The lowest BCUT2D eigenvalue weighted by molar-refractivity contribution is -0.133. The Labute approximate surface area is 102 Å². The average molecular weight is 237 g/mol. The van der Waals surface area contributed by atoms with Crippen molar-refractivity contribution in [2.75, 3.05) is 13.2 Å². The summed E-state index contributed by atoms with van der Waals surface area (Å²) in [6, 6.07) is 7.83. The lowest BCUT2D eigenvalue weighted by Crippen LogP contribution is -2.23. The Balaban J connectivity index is 2.16. The Morgan fingerprint density at radius 3 is 2.82 bits per heavy atom. The Morgan fingerprint density at radius 1 is 1.35 bits per heavy atom. The van der Waals surface area contributed by atoms with E-state index in [1.165, 1.54) is 0 Å². The number of amides is 1. The number of ether oxygens (including phenoxy) is 1. The molecule has 0 bridgehead atoms. The van der Waals surface area contributed by atoms with Crippen molar-refractivity contribution in [3.05, 3.63) is 29.8 Å². The zero-order chi connectivity index (χ0) is 12.5. The van der Waals surface area contributed by atoms with Crippen LogP contribution in [0, 0.1) is 6.92 Å². The fourth-order valence-electron chi connectivity index (χ4n) is 1.34. The maximum atomic E-state index is 11.2. The van der Waals surface area contributed by atoms with Gasteiger partial charge in [-0.15, -0.1) is 0 Å². The van der Waals surface area contributed by atoms with Gasteiger partial charge >= 0.3 is 0 Å². The topological polar surface area (TPSA) is 47.6 Å². The molecule has 17 heavy (non-hydrogen) atoms. The summed E-state index contributed by atoms with van der Waals surface area (Å²) in [6.45, 7) is 4.83. The first kappa shape index (κ1) is 13.5. The van der Waals surface area contributed by atoms with E-state index in [4.69, 9.17) is 9.57 Å². The van der Waals surface area contributed by atoms with Crippen LogP contribution >= 0.6 is 0 Å². The normalized spacial score (nSPS) is 10.0. The van der Waals surface area contributed by atoms with E-state index < -0.39 is 0 Å². The van der Waals surface area contributed by atoms with Gasteiger partial charge in [-0.1, -0.05) is 18.2 Å². The second-order valence-electron chi connectivity index (χ2n) is 3.68. The van der Waals surface area contributed by atoms with Gasteiger partial charge in [-0.3, -0.25) is 9.63 Å². The molecule has 0 saturated carbocycles. The summed E-state index contributed by atoms with van der Waals surface area (Å²) in [5.41, 5.74) is 3.45. The average Bonchev–Trinajstić information content (AvgIpc) is 2.34. The van der Waals surface area contributed by atoms with Gasteiger partial charge in [0.15, 0.2) is 0 Å². The Kier molecular flexibility index (Phi) is 6.10. The summed E-state index contributed by atoms with van der Waals surface area (Å²) < 4.78 is 5.57. The molecular formula is C13H19NO3. The van der Waals surface area contributed by atoms with Crippen molar-refractivity contribution in [3.8, 4) is 5.75 Å². The molecular weight excluding hydrogens is 218 g/mol. The number of carbonyl (C=O) groups excluding carboxylic acids is 1. The molecule has 0 saturated heterocycles. The van der Waals surface area contributed by atoms with Crippen molar-refractivity contribution in [2.24, 2.45) is 0 Å². The number of carbonyl (C=O) groups is 1. The quantitative estimate of drug-likeness (QED) is 0.584. The van der Waals surface area contributed by atoms with E-state index in [0.717, 1.165) is 11.3 Å². The van der Waals surface area contributed by atoms with Crippen LogP contribution in [-0.2, 0) is 9.63 Å². The molecule has 0 aliphatic rings. The predicted molar refractivity (Wildman–Crippen MR) is 65.7 cm³/mol. The number of hydrogen-bond donors (Lipinski definition) is 1. The maximum Gasteiger partial charge on any atom is 0.243 e. The van der Waals surface area contributed by atoms with Crippen molar-refractivity contribution in [2.45, 2.75) is 26.7 Å². The van der Waals surface area contributed by atoms with E-state index in [1.54, 1.807) is 0 Å². The summed E-state index contributed by atoms with van der Waals surface area (Å²) in [5.74, 6) is 0.762. The highest BCUT2D eigenvalue weighted by molar-refractivity contribution is 5.74. The van der Waals surface area contributed by atoms with Crippen molar-refractivity contribution < 1.29 is 14.4 Å². The van der Waals surface area contributed by atoms with Gasteiger partial charge in [0.1, 0.15) is 5.75 Å². The van der Waals surface area contributed by atoms with E-state index in [1.807, 2.05) is 38.1 Å². The van der Waals surface area contributed by atoms with Gasteiger partial charge in [0.05, 0.1) is 13.2 Å². The van der Waals surface area contributed by atoms with E-state index in [9.17, 15) is 4.79 Å². The molecule has 1 N–H and O–H groups in total. The fourth-order valence-corrected chi connectivity index (χ4v) is 1.34. The molecule has 1 aromatic rings. The lowest BCUT2D eigenvalue weighted by Gasteiger charge is -2.08. The lowest BCUT2D eigenvalue weighted by atomic mass is 10.2. The second kappa shape index (κ2) is 7.68. The van der Waals surface area contributed by atoms with Crippen molar-refractivity contribution in [1.29, 1.82) is 0 Å². The Morgan fingerprint density at radius 2 is 2.12 bits per heavy atom. The molecule has 1 rings (SSSR count). The minimum absolute atomic E-state index is 0.111. The first-order valence-corrected chi connectivity index (χ1v) is 5.83. The van der Waals surface area contributed by atoms with Crippen molar-refractivity contribution in [3.63, 3.8) is 0 Å². The molecule has 0 aliphatic carbocycles. The minimum atomic E-state index is -0.111. The number of aryl methyl sites for hydroxylation is 1.